The van der Waals surface area contributed by atoms with Crippen LogP contribution in [0.15, 0.2) is 24.4 Å². The molecule has 1 saturated heterocycles. The van der Waals surface area contributed by atoms with Gasteiger partial charge in [-0.3, -0.25) is 5.32 Å². The Hall–Kier alpha value is -2.91. The molecule has 0 radical (unpaired) electrons. The zero-order chi connectivity index (χ0) is 19.6. The van der Waals surface area contributed by atoms with Crippen molar-refractivity contribution in [3.63, 3.8) is 0 Å². The van der Waals surface area contributed by atoms with Gasteiger partial charge >= 0.3 is 12.3 Å². The number of ether oxygens (including phenoxy) is 1. The molecule has 3 aliphatic rings. The Kier molecular flexibility index (Phi) is 3.56. The van der Waals surface area contributed by atoms with Gasteiger partial charge in [0.15, 0.2) is 0 Å². The number of rotatable bonds is 2. The van der Waals surface area contributed by atoms with Crippen LogP contribution in [0, 0.1) is 11.8 Å². The van der Waals surface area contributed by atoms with Crippen LogP contribution in [-0.4, -0.2) is 29.2 Å². The molecule has 10 heteroatoms. The van der Waals surface area contributed by atoms with Crippen molar-refractivity contribution in [1.29, 1.82) is 0 Å². The maximum absolute atomic E-state index is 14.4. The number of pyridine rings is 2. The molecule has 0 spiro atoms. The lowest BCUT2D eigenvalue weighted by atomic mass is 10.0. The Morgan fingerprint density at radius 3 is 2.68 bits per heavy atom. The number of carbonyl (C=O) groups excluding carboxylic acids is 1. The van der Waals surface area contributed by atoms with Crippen molar-refractivity contribution in [3.05, 3.63) is 35.5 Å². The van der Waals surface area contributed by atoms with Crippen LogP contribution in [0.5, 0.6) is 0 Å². The Balaban J connectivity index is 1.64. The van der Waals surface area contributed by atoms with Gasteiger partial charge in [-0.2, -0.15) is 17.6 Å². The predicted molar refractivity (Wildman–Crippen MR) is 90.2 cm³/mol. The van der Waals surface area contributed by atoms with Gasteiger partial charge in [0.2, 0.25) is 0 Å². The number of carbonyl (C=O) groups is 1. The molecule has 0 aromatic carbocycles. The molecule has 4 heterocycles. The molecule has 3 unspecified atom stereocenters. The van der Waals surface area contributed by atoms with E-state index in [1.54, 1.807) is 0 Å². The first-order valence-corrected chi connectivity index (χ1v) is 8.75. The molecule has 3 atom stereocenters. The van der Waals surface area contributed by atoms with E-state index in [-0.39, 0.29) is 28.5 Å². The third-order valence-corrected chi connectivity index (χ3v) is 5.37. The van der Waals surface area contributed by atoms with Gasteiger partial charge < -0.3 is 9.64 Å². The van der Waals surface area contributed by atoms with E-state index >= 15 is 0 Å². The molecule has 28 heavy (non-hydrogen) atoms. The van der Waals surface area contributed by atoms with E-state index in [1.807, 2.05) is 4.90 Å². The number of aromatic nitrogens is 2. The lowest BCUT2D eigenvalue weighted by Gasteiger charge is -2.24. The van der Waals surface area contributed by atoms with Crippen LogP contribution in [0.4, 0.5) is 34.0 Å². The summed E-state index contributed by atoms with van der Waals surface area (Å²) in [5.74, 6) is 1.13. The molecular weight excluding hydrogens is 380 g/mol. The number of fused-ring (bicyclic) bond motifs is 2. The number of alkyl halides is 4. The van der Waals surface area contributed by atoms with E-state index in [4.69, 9.17) is 0 Å². The van der Waals surface area contributed by atoms with Crippen molar-refractivity contribution in [2.45, 2.75) is 19.0 Å². The van der Waals surface area contributed by atoms with Gasteiger partial charge in [0, 0.05) is 24.8 Å². The molecule has 2 aliphatic heterocycles. The summed E-state index contributed by atoms with van der Waals surface area (Å²) in [6.45, 7) is 1.33. The van der Waals surface area contributed by atoms with Crippen LogP contribution in [0.2, 0.25) is 0 Å². The topological polar surface area (TPSA) is 67.4 Å². The fourth-order valence-electron chi connectivity index (χ4n) is 3.87. The van der Waals surface area contributed by atoms with Crippen LogP contribution in [-0.2, 0) is 10.9 Å². The summed E-state index contributed by atoms with van der Waals surface area (Å²) >= 11 is 0. The van der Waals surface area contributed by atoms with Gasteiger partial charge in [-0.15, -0.1) is 0 Å². The predicted octanol–water partition coefficient (Wildman–Crippen LogP) is 4.15. The average molecular weight is 394 g/mol. The van der Waals surface area contributed by atoms with Gasteiger partial charge in [-0.25, -0.2) is 14.8 Å². The fraction of sp³-hybridized carbons (Fsp3) is 0.389. The van der Waals surface area contributed by atoms with Gasteiger partial charge in [-0.05, 0) is 36.5 Å². The van der Waals surface area contributed by atoms with Crippen LogP contribution < -0.4 is 10.2 Å². The number of cyclic esters (lactones) is 1. The number of nitrogens with zero attached hydrogens (tertiary/aromatic N) is 3. The summed E-state index contributed by atoms with van der Waals surface area (Å²) in [6.07, 6.45) is -5.37. The largest absolute Gasteiger partial charge is 0.416 e. The maximum Gasteiger partial charge on any atom is 0.416 e. The Morgan fingerprint density at radius 1 is 1.21 bits per heavy atom. The zero-order valence-electron chi connectivity index (χ0n) is 14.3. The molecule has 2 aromatic rings. The number of halogens is 4. The smallest absolute Gasteiger partial charge is 0.410 e. The van der Waals surface area contributed by atoms with E-state index < -0.39 is 24.2 Å². The summed E-state index contributed by atoms with van der Waals surface area (Å²) in [6, 6.07) is 3.26. The van der Waals surface area contributed by atoms with Crippen molar-refractivity contribution < 1.29 is 27.1 Å². The van der Waals surface area contributed by atoms with E-state index in [9.17, 15) is 22.4 Å². The number of hydrogen-bond acceptors (Lipinski definition) is 5. The highest BCUT2D eigenvalue weighted by Gasteiger charge is 2.46. The molecule has 2 fully saturated rings. The van der Waals surface area contributed by atoms with Crippen LogP contribution in [0.25, 0.3) is 11.3 Å². The van der Waals surface area contributed by atoms with E-state index in [1.165, 1.54) is 12.3 Å². The molecular formula is C18H14F4N4O2. The Morgan fingerprint density at radius 2 is 1.96 bits per heavy atom. The highest BCUT2D eigenvalue weighted by Crippen LogP contribution is 2.47. The zero-order valence-corrected chi connectivity index (χ0v) is 14.3. The third-order valence-electron chi connectivity index (χ3n) is 5.37. The lowest BCUT2D eigenvalue weighted by Crippen LogP contribution is -2.25. The first kappa shape index (κ1) is 17.2. The van der Waals surface area contributed by atoms with Gasteiger partial charge in [-0.1, -0.05) is 0 Å². The van der Waals surface area contributed by atoms with Crippen LogP contribution in [0.3, 0.4) is 0 Å². The summed E-state index contributed by atoms with van der Waals surface area (Å²) < 4.78 is 59.4. The first-order chi connectivity index (χ1) is 13.3. The molecule has 2 aromatic heterocycles. The monoisotopic (exact) mass is 394 g/mol. The molecule has 1 saturated carbocycles. The third kappa shape index (κ3) is 2.83. The first-order valence-electron chi connectivity index (χ1n) is 8.75. The van der Waals surface area contributed by atoms with Gasteiger partial charge in [0.1, 0.15) is 11.6 Å². The summed E-state index contributed by atoms with van der Waals surface area (Å²) in [5, 5.41) is 2.25. The second-order valence-corrected chi connectivity index (χ2v) is 7.23. The molecule has 0 bridgehead atoms. The number of piperidine rings is 1. The minimum absolute atomic E-state index is 0.0496. The van der Waals surface area contributed by atoms with Crippen molar-refractivity contribution in [1.82, 2.24) is 9.97 Å². The van der Waals surface area contributed by atoms with Crippen molar-refractivity contribution in [2.24, 2.45) is 11.8 Å². The fourth-order valence-corrected chi connectivity index (χ4v) is 3.87. The van der Waals surface area contributed by atoms with Gasteiger partial charge in [0.05, 0.1) is 16.8 Å². The highest BCUT2D eigenvalue weighted by molar-refractivity contribution is 5.89. The van der Waals surface area contributed by atoms with E-state index in [2.05, 4.69) is 20.0 Å². The van der Waals surface area contributed by atoms with Crippen molar-refractivity contribution in [2.75, 3.05) is 23.3 Å². The van der Waals surface area contributed by atoms with E-state index in [0.29, 0.717) is 24.9 Å². The van der Waals surface area contributed by atoms with Crippen molar-refractivity contribution >= 4 is 17.7 Å². The number of amides is 1. The number of nitrogens with one attached hydrogen (secondary N) is 1. The number of anilines is 2. The second kappa shape index (κ2) is 5.79. The highest BCUT2D eigenvalue weighted by atomic mass is 19.4. The lowest BCUT2D eigenvalue weighted by molar-refractivity contribution is -0.137. The number of hydrogen-bond donors (Lipinski definition) is 1. The Bertz CT molecular complexity index is 971. The molecule has 1 N–H and O–H groups in total. The molecule has 5 rings (SSSR count). The Labute approximate surface area is 156 Å². The molecule has 6 nitrogen and oxygen atoms in total. The minimum atomic E-state index is -4.58. The van der Waals surface area contributed by atoms with Crippen LogP contribution in [0.1, 0.15) is 23.9 Å². The summed E-state index contributed by atoms with van der Waals surface area (Å²) in [5.41, 5.74) is -0.973. The maximum atomic E-state index is 14.4. The van der Waals surface area contributed by atoms with E-state index in [0.717, 1.165) is 18.6 Å². The average Bonchev–Trinajstić information content (AvgIpc) is 3.25. The van der Waals surface area contributed by atoms with Crippen molar-refractivity contribution in [3.8, 4) is 11.3 Å². The molecule has 146 valence electrons. The minimum Gasteiger partial charge on any atom is -0.410 e. The molecule has 1 aliphatic carbocycles. The summed E-state index contributed by atoms with van der Waals surface area (Å²) in [4.78, 5) is 21.4. The molecule has 1 amide bonds. The summed E-state index contributed by atoms with van der Waals surface area (Å²) in [7, 11) is 0. The van der Waals surface area contributed by atoms with Crippen LogP contribution >= 0.6 is 0 Å². The van der Waals surface area contributed by atoms with Gasteiger partial charge in [0.25, 0.3) is 6.36 Å². The standard InChI is InChI=1S/C18H14F4N4O2/c19-15-14-11(1-2-23-16(14)25-17(27)28-15)12-4-10(18(20,21)22)5-13(24-12)26-6-8-3-9(8)7-26/h1-2,4-5,8-9,15H,3,6-7H2,(H,23,25,27). The normalized spacial score (nSPS) is 25.6. The SMILES string of the molecule is O=C1Nc2nccc(-c3cc(C(F)(F)F)cc(N4CC5CC5C4)n3)c2C(F)O1. The quantitative estimate of drug-likeness (QED) is 0.776. The second-order valence-electron chi connectivity index (χ2n) is 7.23.